The summed E-state index contributed by atoms with van der Waals surface area (Å²) in [4.78, 5) is 16.7. The molecule has 4 heterocycles. The summed E-state index contributed by atoms with van der Waals surface area (Å²) in [5.41, 5.74) is 2.31. The van der Waals surface area contributed by atoms with Gasteiger partial charge in [-0.25, -0.2) is 13.8 Å². The fourth-order valence-corrected chi connectivity index (χ4v) is 3.71. The summed E-state index contributed by atoms with van der Waals surface area (Å²) < 4.78 is 26.9. The van der Waals surface area contributed by atoms with Crippen molar-refractivity contribution in [1.82, 2.24) is 19.6 Å². The topological polar surface area (TPSA) is 103 Å². The van der Waals surface area contributed by atoms with E-state index in [9.17, 15) is 9.18 Å². The van der Waals surface area contributed by atoms with Gasteiger partial charge in [0.15, 0.2) is 5.65 Å². The van der Waals surface area contributed by atoms with Gasteiger partial charge in [0, 0.05) is 30.7 Å². The summed E-state index contributed by atoms with van der Waals surface area (Å²) in [6, 6.07) is 3.07. The number of ether oxygens (including phenoxy) is 2. The van der Waals surface area contributed by atoms with Crippen LogP contribution in [0.4, 0.5) is 16.0 Å². The fourth-order valence-electron chi connectivity index (χ4n) is 3.71. The zero-order valence-electron chi connectivity index (χ0n) is 15.5. The van der Waals surface area contributed by atoms with Gasteiger partial charge in [0.1, 0.15) is 29.7 Å². The SMILES string of the molecule is O=C(Nc1cnc(NCc2c(F)ccc3c2CCO3)n2cnnc12)C1CCCO1. The Labute approximate surface area is 165 Å². The number of hydrogen-bond acceptors (Lipinski definition) is 7. The third-order valence-electron chi connectivity index (χ3n) is 5.18. The van der Waals surface area contributed by atoms with Crippen LogP contribution in [0.2, 0.25) is 0 Å². The first-order chi connectivity index (χ1) is 14.2. The normalized spacial score (nSPS) is 17.9. The quantitative estimate of drug-likeness (QED) is 0.677. The van der Waals surface area contributed by atoms with E-state index in [0.717, 1.165) is 17.7 Å². The third kappa shape index (κ3) is 3.25. The van der Waals surface area contributed by atoms with Gasteiger partial charge in [-0.1, -0.05) is 0 Å². The van der Waals surface area contributed by atoms with Crippen LogP contribution >= 0.6 is 0 Å². The molecule has 0 radical (unpaired) electrons. The number of fused-ring (bicyclic) bond motifs is 2. The van der Waals surface area contributed by atoms with Crippen LogP contribution < -0.4 is 15.4 Å². The molecule has 29 heavy (non-hydrogen) atoms. The van der Waals surface area contributed by atoms with Gasteiger partial charge in [0.2, 0.25) is 5.95 Å². The summed E-state index contributed by atoms with van der Waals surface area (Å²) in [5, 5.41) is 13.9. The van der Waals surface area contributed by atoms with Crippen LogP contribution in [-0.4, -0.2) is 44.8 Å². The highest BCUT2D eigenvalue weighted by Gasteiger charge is 2.25. The van der Waals surface area contributed by atoms with Crippen LogP contribution in [0, 0.1) is 5.82 Å². The maximum atomic E-state index is 14.4. The summed E-state index contributed by atoms with van der Waals surface area (Å²) >= 11 is 0. The van der Waals surface area contributed by atoms with Crippen LogP contribution in [0.1, 0.15) is 24.0 Å². The van der Waals surface area contributed by atoms with Crippen molar-refractivity contribution in [2.45, 2.75) is 31.9 Å². The van der Waals surface area contributed by atoms with Gasteiger partial charge < -0.3 is 20.1 Å². The number of carbonyl (C=O) groups excluding carboxylic acids is 1. The number of halogens is 1. The molecule has 1 aromatic carbocycles. The second kappa shape index (κ2) is 7.28. The molecule has 2 N–H and O–H groups in total. The first kappa shape index (κ1) is 17.8. The lowest BCUT2D eigenvalue weighted by Gasteiger charge is -2.14. The third-order valence-corrected chi connectivity index (χ3v) is 5.18. The van der Waals surface area contributed by atoms with E-state index < -0.39 is 6.10 Å². The lowest BCUT2D eigenvalue weighted by Crippen LogP contribution is -2.27. The summed E-state index contributed by atoms with van der Waals surface area (Å²) in [5.74, 6) is 0.646. The molecule has 1 saturated heterocycles. The van der Waals surface area contributed by atoms with Crippen molar-refractivity contribution in [2.24, 2.45) is 0 Å². The molecule has 9 nitrogen and oxygen atoms in total. The maximum absolute atomic E-state index is 14.4. The van der Waals surface area contributed by atoms with Crippen LogP contribution in [0.15, 0.2) is 24.7 Å². The number of anilines is 2. The van der Waals surface area contributed by atoms with Crippen molar-refractivity contribution in [3.8, 4) is 5.75 Å². The Bertz CT molecular complexity index is 1080. The standard InChI is InChI=1S/C19H19FN6O3/c20-13-3-4-15-11(5-7-29-15)12(13)8-21-19-22-9-14(17-25-23-10-26(17)19)24-18(27)16-2-1-6-28-16/h3-4,9-10,16H,1-2,5-8H2,(H,21,22)(H,24,27). The van der Waals surface area contributed by atoms with Crippen molar-refractivity contribution in [1.29, 1.82) is 0 Å². The second-order valence-corrected chi connectivity index (χ2v) is 6.97. The Morgan fingerprint density at radius 2 is 2.28 bits per heavy atom. The molecule has 5 rings (SSSR count). The van der Waals surface area contributed by atoms with Crippen LogP contribution in [-0.2, 0) is 22.5 Å². The van der Waals surface area contributed by atoms with Gasteiger partial charge in [-0.3, -0.25) is 4.79 Å². The molecule has 10 heteroatoms. The maximum Gasteiger partial charge on any atom is 0.253 e. The summed E-state index contributed by atoms with van der Waals surface area (Å²) in [7, 11) is 0. The minimum absolute atomic E-state index is 0.225. The van der Waals surface area contributed by atoms with E-state index in [0.29, 0.717) is 48.9 Å². The number of benzene rings is 1. The van der Waals surface area contributed by atoms with E-state index in [1.807, 2.05) is 0 Å². The van der Waals surface area contributed by atoms with Gasteiger partial charge in [0.25, 0.3) is 5.91 Å². The predicted octanol–water partition coefficient (Wildman–Crippen LogP) is 1.93. The average Bonchev–Trinajstić information content (AvgIpc) is 3.48. The zero-order chi connectivity index (χ0) is 19.8. The molecule has 0 spiro atoms. The Morgan fingerprint density at radius 1 is 1.34 bits per heavy atom. The number of amides is 1. The highest BCUT2D eigenvalue weighted by Crippen LogP contribution is 2.30. The highest BCUT2D eigenvalue weighted by atomic mass is 19.1. The van der Waals surface area contributed by atoms with Crippen LogP contribution in [0.5, 0.6) is 5.75 Å². The Balaban J connectivity index is 1.38. The largest absolute Gasteiger partial charge is 0.493 e. The zero-order valence-corrected chi connectivity index (χ0v) is 15.5. The van der Waals surface area contributed by atoms with E-state index in [4.69, 9.17) is 9.47 Å². The second-order valence-electron chi connectivity index (χ2n) is 6.97. The molecule has 1 fully saturated rings. The highest BCUT2D eigenvalue weighted by molar-refractivity contribution is 5.97. The van der Waals surface area contributed by atoms with Crippen molar-refractivity contribution in [3.05, 3.63) is 41.6 Å². The number of nitrogens with one attached hydrogen (secondary N) is 2. The van der Waals surface area contributed by atoms with E-state index in [1.165, 1.54) is 18.6 Å². The van der Waals surface area contributed by atoms with Crippen molar-refractivity contribution < 1.29 is 18.7 Å². The number of carbonyl (C=O) groups is 1. The first-order valence-corrected chi connectivity index (χ1v) is 9.49. The summed E-state index contributed by atoms with van der Waals surface area (Å²) in [6.07, 6.45) is 4.77. The molecule has 0 saturated carbocycles. The molecule has 2 aliphatic heterocycles. The minimum Gasteiger partial charge on any atom is -0.493 e. The van der Waals surface area contributed by atoms with Gasteiger partial charge in [-0.15, -0.1) is 10.2 Å². The number of hydrogen-bond donors (Lipinski definition) is 2. The number of rotatable bonds is 5. The van der Waals surface area contributed by atoms with Gasteiger partial charge in [-0.05, 0) is 25.0 Å². The monoisotopic (exact) mass is 398 g/mol. The predicted molar refractivity (Wildman–Crippen MR) is 101 cm³/mol. The molecule has 1 unspecified atom stereocenters. The molecule has 3 aromatic rings. The van der Waals surface area contributed by atoms with E-state index in [2.05, 4.69) is 25.8 Å². The molecule has 2 aliphatic rings. The van der Waals surface area contributed by atoms with Gasteiger partial charge in [-0.2, -0.15) is 0 Å². The smallest absolute Gasteiger partial charge is 0.253 e. The molecule has 1 atom stereocenters. The van der Waals surface area contributed by atoms with Crippen molar-refractivity contribution in [2.75, 3.05) is 23.8 Å². The minimum atomic E-state index is -0.457. The van der Waals surface area contributed by atoms with E-state index >= 15 is 0 Å². The molecule has 0 aliphatic carbocycles. The molecule has 0 bridgehead atoms. The van der Waals surface area contributed by atoms with Crippen LogP contribution in [0.25, 0.3) is 5.65 Å². The number of nitrogens with zero attached hydrogens (tertiary/aromatic N) is 4. The van der Waals surface area contributed by atoms with E-state index in [-0.39, 0.29) is 18.3 Å². The average molecular weight is 398 g/mol. The fraction of sp³-hybridized carbons (Fsp3) is 0.368. The Hall–Kier alpha value is -3.27. The van der Waals surface area contributed by atoms with Gasteiger partial charge in [0.05, 0.1) is 12.8 Å². The Morgan fingerprint density at radius 3 is 3.14 bits per heavy atom. The van der Waals surface area contributed by atoms with Crippen molar-refractivity contribution >= 4 is 23.2 Å². The molecular formula is C19H19FN6O3. The summed E-state index contributed by atoms with van der Waals surface area (Å²) in [6.45, 7) is 1.38. The molecule has 2 aromatic heterocycles. The van der Waals surface area contributed by atoms with Gasteiger partial charge >= 0.3 is 0 Å². The molecule has 150 valence electrons. The lowest BCUT2D eigenvalue weighted by molar-refractivity contribution is -0.124. The lowest BCUT2D eigenvalue weighted by atomic mass is 10.0. The Kier molecular flexibility index (Phi) is 4.47. The number of aromatic nitrogens is 4. The molecular weight excluding hydrogens is 379 g/mol. The first-order valence-electron chi connectivity index (χ1n) is 9.49. The van der Waals surface area contributed by atoms with Crippen molar-refractivity contribution in [3.63, 3.8) is 0 Å². The van der Waals surface area contributed by atoms with E-state index in [1.54, 1.807) is 10.5 Å². The molecule has 1 amide bonds. The van der Waals surface area contributed by atoms with Crippen LogP contribution in [0.3, 0.4) is 0 Å².